The van der Waals surface area contributed by atoms with Crippen molar-refractivity contribution in [2.45, 2.75) is 0 Å². The topological polar surface area (TPSA) is 41.6 Å². The predicted octanol–water partition coefficient (Wildman–Crippen LogP) is 4.43. The molecule has 0 fully saturated rings. The molecule has 2 heterocycles. The Morgan fingerprint density at radius 1 is 0.800 bits per heavy atom. The van der Waals surface area contributed by atoms with Crippen LogP contribution in [0.2, 0.25) is 5.15 Å². The highest BCUT2D eigenvalue weighted by atomic mass is 35.5. The SMILES string of the molecule is Clc1nnc(-c2c[nH]c3ccccc23)c2ccccc12. The highest BCUT2D eigenvalue weighted by Crippen LogP contribution is 2.33. The van der Waals surface area contributed by atoms with E-state index in [1.165, 1.54) is 0 Å². The van der Waals surface area contributed by atoms with E-state index in [9.17, 15) is 0 Å². The maximum atomic E-state index is 6.13. The van der Waals surface area contributed by atoms with E-state index in [2.05, 4.69) is 21.2 Å². The third kappa shape index (κ3) is 1.60. The molecule has 4 rings (SSSR count). The molecule has 0 aliphatic rings. The number of rotatable bonds is 1. The summed E-state index contributed by atoms with van der Waals surface area (Å²) in [6.45, 7) is 0. The average Bonchev–Trinajstić information content (AvgIpc) is 2.92. The molecule has 0 radical (unpaired) electrons. The van der Waals surface area contributed by atoms with Gasteiger partial charge in [0.05, 0.1) is 0 Å². The van der Waals surface area contributed by atoms with Crippen molar-refractivity contribution in [3.05, 3.63) is 59.9 Å². The smallest absolute Gasteiger partial charge is 0.159 e. The molecular formula is C16H10ClN3. The summed E-state index contributed by atoms with van der Waals surface area (Å²) in [4.78, 5) is 3.27. The summed E-state index contributed by atoms with van der Waals surface area (Å²) in [5, 5.41) is 11.9. The molecule has 0 saturated carbocycles. The summed E-state index contributed by atoms with van der Waals surface area (Å²) < 4.78 is 0. The first-order chi connectivity index (χ1) is 9.84. The Labute approximate surface area is 120 Å². The molecule has 2 aromatic heterocycles. The van der Waals surface area contributed by atoms with E-state index < -0.39 is 0 Å². The van der Waals surface area contributed by atoms with Crippen LogP contribution in [0.15, 0.2) is 54.7 Å². The Balaban J connectivity index is 2.10. The zero-order chi connectivity index (χ0) is 13.5. The van der Waals surface area contributed by atoms with Crippen molar-refractivity contribution in [2.24, 2.45) is 0 Å². The zero-order valence-electron chi connectivity index (χ0n) is 10.5. The monoisotopic (exact) mass is 279 g/mol. The van der Waals surface area contributed by atoms with Crippen molar-refractivity contribution in [1.29, 1.82) is 0 Å². The van der Waals surface area contributed by atoms with Gasteiger partial charge in [-0.05, 0) is 6.07 Å². The molecule has 20 heavy (non-hydrogen) atoms. The molecule has 0 saturated heterocycles. The van der Waals surface area contributed by atoms with Crippen LogP contribution in [0.1, 0.15) is 0 Å². The number of halogens is 1. The lowest BCUT2D eigenvalue weighted by Gasteiger charge is -2.05. The van der Waals surface area contributed by atoms with Gasteiger partial charge in [-0.25, -0.2) is 0 Å². The largest absolute Gasteiger partial charge is 0.360 e. The number of aromatic nitrogens is 3. The van der Waals surface area contributed by atoms with Crippen LogP contribution in [-0.2, 0) is 0 Å². The minimum atomic E-state index is 0.434. The third-order valence-electron chi connectivity index (χ3n) is 3.49. The number of H-pyrrole nitrogens is 1. The molecule has 0 spiro atoms. The van der Waals surface area contributed by atoms with Gasteiger partial charge in [0.2, 0.25) is 0 Å². The molecule has 4 aromatic rings. The number of hydrogen-bond donors (Lipinski definition) is 1. The Hall–Kier alpha value is -2.39. The lowest BCUT2D eigenvalue weighted by molar-refractivity contribution is 1.06. The molecule has 0 aliphatic carbocycles. The van der Waals surface area contributed by atoms with Gasteiger partial charge in [0.25, 0.3) is 0 Å². The summed E-state index contributed by atoms with van der Waals surface area (Å²) in [5.41, 5.74) is 2.98. The van der Waals surface area contributed by atoms with Crippen molar-refractivity contribution >= 4 is 33.3 Å². The Kier molecular flexibility index (Phi) is 2.47. The highest BCUT2D eigenvalue weighted by molar-refractivity contribution is 6.34. The number of benzene rings is 2. The predicted molar refractivity (Wildman–Crippen MR) is 81.8 cm³/mol. The molecule has 0 bridgehead atoms. The van der Waals surface area contributed by atoms with E-state index in [0.717, 1.165) is 32.9 Å². The normalized spacial score (nSPS) is 11.2. The van der Waals surface area contributed by atoms with Crippen LogP contribution in [0.3, 0.4) is 0 Å². The number of nitrogens with zero attached hydrogens (tertiary/aromatic N) is 2. The Morgan fingerprint density at radius 2 is 1.50 bits per heavy atom. The lowest BCUT2D eigenvalue weighted by Crippen LogP contribution is -1.90. The maximum Gasteiger partial charge on any atom is 0.159 e. The molecule has 3 nitrogen and oxygen atoms in total. The van der Waals surface area contributed by atoms with Gasteiger partial charge in [0.1, 0.15) is 5.69 Å². The maximum absolute atomic E-state index is 6.13. The fourth-order valence-electron chi connectivity index (χ4n) is 2.54. The van der Waals surface area contributed by atoms with Gasteiger partial charge < -0.3 is 4.98 Å². The van der Waals surface area contributed by atoms with Crippen molar-refractivity contribution in [3.63, 3.8) is 0 Å². The lowest BCUT2D eigenvalue weighted by atomic mass is 10.0. The standard InChI is InChI=1S/C16H10ClN3/c17-16-12-7-2-1-6-11(12)15(19-20-16)13-9-18-14-8-4-3-5-10(13)14/h1-9,18H. The van der Waals surface area contributed by atoms with Gasteiger partial charge in [0, 0.05) is 33.4 Å². The number of hydrogen-bond acceptors (Lipinski definition) is 2. The number of fused-ring (bicyclic) bond motifs is 2. The number of aromatic amines is 1. The fraction of sp³-hybridized carbons (Fsp3) is 0. The molecular weight excluding hydrogens is 270 g/mol. The first-order valence-electron chi connectivity index (χ1n) is 6.32. The second kappa shape index (κ2) is 4.32. The van der Waals surface area contributed by atoms with E-state index >= 15 is 0 Å². The minimum absolute atomic E-state index is 0.434. The quantitative estimate of drug-likeness (QED) is 0.560. The summed E-state index contributed by atoms with van der Waals surface area (Å²) in [5.74, 6) is 0. The zero-order valence-corrected chi connectivity index (χ0v) is 11.2. The van der Waals surface area contributed by atoms with Crippen LogP contribution in [0.25, 0.3) is 32.9 Å². The van der Waals surface area contributed by atoms with E-state index in [0.29, 0.717) is 5.15 Å². The van der Waals surface area contributed by atoms with Crippen molar-refractivity contribution < 1.29 is 0 Å². The Bertz CT molecular complexity index is 927. The van der Waals surface area contributed by atoms with E-state index in [4.69, 9.17) is 11.6 Å². The van der Waals surface area contributed by atoms with Gasteiger partial charge in [-0.2, -0.15) is 0 Å². The second-order valence-corrected chi connectivity index (χ2v) is 4.99. The van der Waals surface area contributed by atoms with Crippen LogP contribution < -0.4 is 0 Å². The summed E-state index contributed by atoms with van der Waals surface area (Å²) in [6.07, 6.45) is 1.97. The summed E-state index contributed by atoms with van der Waals surface area (Å²) in [6, 6.07) is 16.1. The Morgan fingerprint density at radius 3 is 2.35 bits per heavy atom. The average molecular weight is 280 g/mol. The van der Waals surface area contributed by atoms with Crippen LogP contribution in [0.5, 0.6) is 0 Å². The van der Waals surface area contributed by atoms with Crippen LogP contribution in [0, 0.1) is 0 Å². The molecule has 4 heteroatoms. The molecule has 0 amide bonds. The van der Waals surface area contributed by atoms with E-state index in [1.54, 1.807) is 0 Å². The number of nitrogens with one attached hydrogen (secondary N) is 1. The fourth-order valence-corrected chi connectivity index (χ4v) is 2.74. The van der Waals surface area contributed by atoms with Gasteiger partial charge in [0.15, 0.2) is 5.15 Å². The first-order valence-corrected chi connectivity index (χ1v) is 6.70. The first kappa shape index (κ1) is 11.4. The molecule has 2 aromatic carbocycles. The van der Waals surface area contributed by atoms with Crippen LogP contribution in [0.4, 0.5) is 0 Å². The van der Waals surface area contributed by atoms with Crippen molar-refractivity contribution in [3.8, 4) is 11.3 Å². The van der Waals surface area contributed by atoms with Gasteiger partial charge in [-0.1, -0.05) is 54.1 Å². The van der Waals surface area contributed by atoms with E-state index in [-0.39, 0.29) is 0 Å². The van der Waals surface area contributed by atoms with Crippen molar-refractivity contribution in [2.75, 3.05) is 0 Å². The molecule has 96 valence electrons. The molecule has 0 atom stereocenters. The summed E-state index contributed by atoms with van der Waals surface area (Å²) >= 11 is 6.13. The van der Waals surface area contributed by atoms with Gasteiger partial charge >= 0.3 is 0 Å². The van der Waals surface area contributed by atoms with Crippen LogP contribution in [-0.4, -0.2) is 15.2 Å². The van der Waals surface area contributed by atoms with Gasteiger partial charge in [-0.3, -0.25) is 0 Å². The minimum Gasteiger partial charge on any atom is -0.360 e. The van der Waals surface area contributed by atoms with Gasteiger partial charge in [-0.15, -0.1) is 10.2 Å². The highest BCUT2D eigenvalue weighted by Gasteiger charge is 2.12. The van der Waals surface area contributed by atoms with E-state index in [1.807, 2.05) is 48.7 Å². The second-order valence-electron chi connectivity index (χ2n) is 4.63. The molecule has 0 aliphatic heterocycles. The van der Waals surface area contributed by atoms with Crippen molar-refractivity contribution in [1.82, 2.24) is 15.2 Å². The van der Waals surface area contributed by atoms with Crippen LogP contribution >= 0.6 is 11.6 Å². The third-order valence-corrected chi connectivity index (χ3v) is 3.77. The number of para-hydroxylation sites is 1. The summed E-state index contributed by atoms with van der Waals surface area (Å²) in [7, 11) is 0. The molecule has 1 N–H and O–H groups in total. The molecule has 0 unspecified atom stereocenters.